The molecule has 132 valence electrons. The molecule has 0 aliphatic carbocycles. The average Bonchev–Trinajstić information content (AvgIpc) is 2.65. The van der Waals surface area contributed by atoms with E-state index in [2.05, 4.69) is 22.2 Å². The van der Waals surface area contributed by atoms with Crippen molar-refractivity contribution in [3.05, 3.63) is 77.2 Å². The number of nitrogens with one attached hydrogen (secondary N) is 1. The summed E-state index contributed by atoms with van der Waals surface area (Å²) in [4.78, 5) is 20.4. The minimum Gasteiger partial charge on any atom is -0.439 e. The summed E-state index contributed by atoms with van der Waals surface area (Å²) in [6.07, 6.45) is 5.05. The molecule has 2 heterocycles. The number of halogens is 1. The third kappa shape index (κ3) is 4.37. The third-order valence-corrected chi connectivity index (χ3v) is 4.01. The number of ether oxygens (including phenoxy) is 1. The molecule has 3 aromatic rings. The molecule has 1 amide bonds. The molecule has 0 radical (unpaired) electrons. The summed E-state index contributed by atoms with van der Waals surface area (Å²) in [7, 11) is 0. The second kappa shape index (κ2) is 8.45. The first-order valence-electron chi connectivity index (χ1n) is 8.31. The molecule has 3 rings (SSSR count). The highest BCUT2D eigenvalue weighted by molar-refractivity contribution is 6.33. The van der Waals surface area contributed by atoms with Gasteiger partial charge < -0.3 is 10.1 Å². The number of rotatable bonds is 6. The lowest BCUT2D eigenvalue weighted by atomic mass is 10.1. The Morgan fingerprint density at radius 2 is 1.96 bits per heavy atom. The normalized spacial score (nSPS) is 10.4. The number of benzene rings is 1. The highest BCUT2D eigenvalue weighted by atomic mass is 35.5. The van der Waals surface area contributed by atoms with E-state index in [1.165, 1.54) is 6.20 Å². The van der Waals surface area contributed by atoms with Crippen LogP contribution in [0.1, 0.15) is 29.3 Å². The number of pyridine rings is 2. The monoisotopic (exact) mass is 367 g/mol. The fourth-order valence-electron chi connectivity index (χ4n) is 2.46. The van der Waals surface area contributed by atoms with Crippen molar-refractivity contribution < 1.29 is 9.53 Å². The Balaban J connectivity index is 1.69. The molecule has 0 spiro atoms. The van der Waals surface area contributed by atoms with Gasteiger partial charge in [-0.05, 0) is 36.2 Å². The summed E-state index contributed by atoms with van der Waals surface area (Å²) in [5.74, 6) is 0.915. The summed E-state index contributed by atoms with van der Waals surface area (Å²) in [5.41, 5.74) is 1.99. The fourth-order valence-corrected chi connectivity index (χ4v) is 2.67. The molecule has 0 bridgehead atoms. The summed E-state index contributed by atoms with van der Waals surface area (Å²) in [6, 6.07) is 14.6. The zero-order valence-electron chi connectivity index (χ0n) is 14.3. The molecule has 1 N–H and O–H groups in total. The molecule has 6 heteroatoms. The van der Waals surface area contributed by atoms with Gasteiger partial charge >= 0.3 is 0 Å². The van der Waals surface area contributed by atoms with Gasteiger partial charge in [0.15, 0.2) is 0 Å². The number of para-hydroxylation sites is 1. The minimum absolute atomic E-state index is 0.158. The van der Waals surface area contributed by atoms with Crippen LogP contribution in [0.3, 0.4) is 0 Å². The van der Waals surface area contributed by atoms with Crippen molar-refractivity contribution in [3.8, 4) is 11.6 Å². The van der Waals surface area contributed by atoms with Gasteiger partial charge in [-0.3, -0.25) is 4.79 Å². The van der Waals surface area contributed by atoms with E-state index < -0.39 is 0 Å². The second-order valence-corrected chi connectivity index (χ2v) is 6.00. The predicted octanol–water partition coefficient (Wildman–Crippen LogP) is 5.13. The second-order valence-electron chi connectivity index (χ2n) is 5.64. The first kappa shape index (κ1) is 17.9. The van der Waals surface area contributed by atoms with Gasteiger partial charge in [-0.25, -0.2) is 9.97 Å². The van der Waals surface area contributed by atoms with E-state index in [9.17, 15) is 4.79 Å². The van der Waals surface area contributed by atoms with Crippen molar-refractivity contribution in [1.29, 1.82) is 0 Å². The van der Waals surface area contributed by atoms with Gasteiger partial charge in [0, 0.05) is 12.3 Å². The van der Waals surface area contributed by atoms with Gasteiger partial charge in [0.25, 0.3) is 5.91 Å². The standard InChI is InChI=1S/C20H18ClN3O2/c1-2-6-14-7-3-4-9-17(14)26-18-11-10-15(13-23-18)24-20(25)16-8-5-12-22-19(16)21/h3-5,7-13H,2,6H2,1H3,(H,24,25). The van der Waals surface area contributed by atoms with Gasteiger partial charge in [0.05, 0.1) is 17.4 Å². The van der Waals surface area contributed by atoms with E-state index in [-0.39, 0.29) is 11.1 Å². The zero-order chi connectivity index (χ0) is 18.4. The molecule has 26 heavy (non-hydrogen) atoms. The van der Waals surface area contributed by atoms with E-state index in [0.717, 1.165) is 24.2 Å². The Hall–Kier alpha value is -2.92. The number of hydrogen-bond donors (Lipinski definition) is 1. The SMILES string of the molecule is CCCc1ccccc1Oc1ccc(NC(=O)c2cccnc2Cl)cn1. The number of amides is 1. The minimum atomic E-state index is -0.341. The summed E-state index contributed by atoms with van der Waals surface area (Å²) < 4.78 is 5.87. The smallest absolute Gasteiger partial charge is 0.258 e. The average molecular weight is 368 g/mol. The third-order valence-electron chi connectivity index (χ3n) is 3.70. The molecule has 0 aliphatic heterocycles. The van der Waals surface area contributed by atoms with Gasteiger partial charge in [0.2, 0.25) is 5.88 Å². The van der Waals surface area contributed by atoms with Gasteiger partial charge in [0.1, 0.15) is 10.9 Å². The zero-order valence-corrected chi connectivity index (χ0v) is 15.0. The number of carbonyl (C=O) groups is 1. The van der Waals surface area contributed by atoms with Crippen molar-refractivity contribution in [2.45, 2.75) is 19.8 Å². The van der Waals surface area contributed by atoms with E-state index in [4.69, 9.17) is 16.3 Å². The number of nitrogens with zero attached hydrogens (tertiary/aromatic N) is 2. The molecule has 5 nitrogen and oxygen atoms in total. The molecule has 0 fully saturated rings. The maximum atomic E-state index is 12.2. The van der Waals surface area contributed by atoms with Gasteiger partial charge in [-0.2, -0.15) is 0 Å². The summed E-state index contributed by atoms with van der Waals surface area (Å²) in [5, 5.41) is 2.90. The summed E-state index contributed by atoms with van der Waals surface area (Å²) >= 11 is 5.93. The number of aromatic nitrogens is 2. The number of anilines is 1. The van der Waals surface area contributed by atoms with Crippen molar-refractivity contribution >= 4 is 23.2 Å². The number of carbonyl (C=O) groups excluding carboxylic acids is 1. The van der Waals surface area contributed by atoms with Crippen LogP contribution in [-0.4, -0.2) is 15.9 Å². The lowest BCUT2D eigenvalue weighted by molar-refractivity contribution is 0.102. The largest absolute Gasteiger partial charge is 0.439 e. The van der Waals surface area contributed by atoms with Crippen LogP contribution in [0, 0.1) is 0 Å². The summed E-state index contributed by atoms with van der Waals surface area (Å²) in [6.45, 7) is 2.13. The Morgan fingerprint density at radius 3 is 2.69 bits per heavy atom. The van der Waals surface area contributed by atoms with Crippen LogP contribution in [0.4, 0.5) is 5.69 Å². The van der Waals surface area contributed by atoms with Crippen molar-refractivity contribution in [1.82, 2.24) is 9.97 Å². The van der Waals surface area contributed by atoms with Crippen LogP contribution in [0.5, 0.6) is 11.6 Å². The van der Waals surface area contributed by atoms with Gasteiger partial charge in [-0.1, -0.05) is 43.1 Å². The van der Waals surface area contributed by atoms with Crippen LogP contribution < -0.4 is 10.1 Å². The first-order chi connectivity index (χ1) is 12.7. The Labute approximate surface area is 157 Å². The Kier molecular flexibility index (Phi) is 5.81. The number of aryl methyl sites for hydroxylation is 1. The lowest BCUT2D eigenvalue weighted by Crippen LogP contribution is -2.13. The predicted molar refractivity (Wildman–Crippen MR) is 102 cm³/mol. The molecule has 0 atom stereocenters. The van der Waals surface area contributed by atoms with Crippen LogP contribution in [0.2, 0.25) is 5.15 Å². The van der Waals surface area contributed by atoms with E-state index >= 15 is 0 Å². The van der Waals surface area contributed by atoms with Crippen LogP contribution >= 0.6 is 11.6 Å². The Bertz CT molecular complexity index is 898. The van der Waals surface area contributed by atoms with Crippen LogP contribution in [-0.2, 0) is 6.42 Å². The lowest BCUT2D eigenvalue weighted by Gasteiger charge is -2.10. The Morgan fingerprint density at radius 1 is 1.12 bits per heavy atom. The fraction of sp³-hybridized carbons (Fsp3) is 0.150. The highest BCUT2D eigenvalue weighted by Gasteiger charge is 2.11. The molecule has 2 aromatic heterocycles. The first-order valence-corrected chi connectivity index (χ1v) is 8.69. The van der Waals surface area contributed by atoms with Crippen molar-refractivity contribution in [2.75, 3.05) is 5.32 Å². The van der Waals surface area contributed by atoms with Crippen molar-refractivity contribution in [3.63, 3.8) is 0 Å². The van der Waals surface area contributed by atoms with Gasteiger partial charge in [-0.15, -0.1) is 0 Å². The molecule has 0 unspecified atom stereocenters. The van der Waals surface area contributed by atoms with E-state index in [0.29, 0.717) is 17.1 Å². The topological polar surface area (TPSA) is 64.1 Å². The van der Waals surface area contributed by atoms with Crippen molar-refractivity contribution in [2.24, 2.45) is 0 Å². The quantitative estimate of drug-likeness (QED) is 0.613. The molecule has 0 saturated carbocycles. The molecular formula is C20H18ClN3O2. The molecular weight excluding hydrogens is 350 g/mol. The van der Waals surface area contributed by atoms with Crippen LogP contribution in [0.25, 0.3) is 0 Å². The maximum absolute atomic E-state index is 12.2. The highest BCUT2D eigenvalue weighted by Crippen LogP contribution is 2.25. The van der Waals surface area contributed by atoms with Crippen LogP contribution in [0.15, 0.2) is 60.9 Å². The van der Waals surface area contributed by atoms with E-state index in [1.807, 2.05) is 24.3 Å². The molecule has 1 aromatic carbocycles. The maximum Gasteiger partial charge on any atom is 0.258 e. The number of hydrogen-bond acceptors (Lipinski definition) is 4. The molecule has 0 aliphatic rings. The molecule has 0 saturated heterocycles. The van der Waals surface area contributed by atoms with E-state index in [1.54, 1.807) is 30.5 Å².